The highest BCUT2D eigenvalue weighted by atomic mass is 79.9. The molecular formula is C14H18BrNO4. The van der Waals surface area contributed by atoms with Gasteiger partial charge in [-0.25, -0.2) is 4.79 Å². The van der Waals surface area contributed by atoms with E-state index in [0.717, 1.165) is 10.0 Å². The van der Waals surface area contributed by atoms with Crippen molar-refractivity contribution in [3.63, 3.8) is 0 Å². The first kappa shape index (κ1) is 16.7. The van der Waals surface area contributed by atoms with Crippen molar-refractivity contribution in [1.29, 1.82) is 0 Å². The molecule has 0 aliphatic carbocycles. The molecule has 0 fully saturated rings. The summed E-state index contributed by atoms with van der Waals surface area (Å²) in [6.45, 7) is 2.18. The maximum absolute atomic E-state index is 11.7. The molecule has 0 radical (unpaired) electrons. The van der Waals surface area contributed by atoms with Gasteiger partial charge in [-0.15, -0.1) is 0 Å². The topological polar surface area (TPSA) is 64.6 Å². The molecule has 110 valence electrons. The lowest BCUT2D eigenvalue weighted by Gasteiger charge is -2.16. The van der Waals surface area contributed by atoms with Gasteiger partial charge in [-0.2, -0.15) is 0 Å². The van der Waals surface area contributed by atoms with Crippen LogP contribution in [-0.4, -0.2) is 38.2 Å². The van der Waals surface area contributed by atoms with Gasteiger partial charge in [-0.1, -0.05) is 28.1 Å². The van der Waals surface area contributed by atoms with Crippen LogP contribution in [0.1, 0.15) is 12.5 Å². The number of rotatable bonds is 7. The molecule has 1 aromatic rings. The Morgan fingerprint density at radius 1 is 1.30 bits per heavy atom. The van der Waals surface area contributed by atoms with Crippen molar-refractivity contribution >= 4 is 27.8 Å². The van der Waals surface area contributed by atoms with Crippen LogP contribution in [0.25, 0.3) is 0 Å². The Morgan fingerprint density at radius 3 is 2.50 bits per heavy atom. The van der Waals surface area contributed by atoms with Crippen LogP contribution in [-0.2, 0) is 25.5 Å². The van der Waals surface area contributed by atoms with Crippen molar-refractivity contribution in [2.75, 3.05) is 20.3 Å². The first-order chi connectivity index (χ1) is 9.56. The number of benzene rings is 1. The Balaban J connectivity index is 2.67. The average Bonchev–Trinajstić information content (AvgIpc) is 2.45. The number of nitrogens with one attached hydrogen (secondary N) is 1. The largest absolute Gasteiger partial charge is 0.467 e. The van der Waals surface area contributed by atoms with Crippen molar-refractivity contribution in [3.05, 3.63) is 34.3 Å². The molecule has 0 aliphatic rings. The normalized spacial score (nSPS) is 11.8. The summed E-state index contributed by atoms with van der Waals surface area (Å²) >= 11 is 3.35. The lowest BCUT2D eigenvalue weighted by atomic mass is 10.1. The van der Waals surface area contributed by atoms with Gasteiger partial charge in [0, 0.05) is 17.5 Å². The smallest absolute Gasteiger partial charge is 0.328 e. The van der Waals surface area contributed by atoms with Crippen molar-refractivity contribution in [2.24, 2.45) is 0 Å². The van der Waals surface area contributed by atoms with E-state index in [1.54, 1.807) is 6.92 Å². The molecule has 20 heavy (non-hydrogen) atoms. The molecule has 0 saturated heterocycles. The third-order valence-electron chi connectivity index (χ3n) is 2.61. The van der Waals surface area contributed by atoms with Crippen molar-refractivity contribution in [2.45, 2.75) is 19.4 Å². The molecule has 1 N–H and O–H groups in total. The van der Waals surface area contributed by atoms with E-state index >= 15 is 0 Å². The second-order valence-electron chi connectivity index (χ2n) is 4.11. The molecule has 1 atom stereocenters. The molecule has 0 unspecified atom stereocenters. The fraction of sp³-hybridized carbons (Fsp3) is 0.429. The molecule has 0 heterocycles. The van der Waals surface area contributed by atoms with Gasteiger partial charge < -0.3 is 14.8 Å². The zero-order valence-electron chi connectivity index (χ0n) is 11.5. The van der Waals surface area contributed by atoms with Crippen LogP contribution in [0.2, 0.25) is 0 Å². The minimum absolute atomic E-state index is 0.0651. The van der Waals surface area contributed by atoms with Crippen molar-refractivity contribution in [1.82, 2.24) is 5.32 Å². The molecule has 0 aliphatic heterocycles. The minimum Gasteiger partial charge on any atom is -0.467 e. The molecule has 1 aromatic carbocycles. The van der Waals surface area contributed by atoms with Gasteiger partial charge in [-0.3, -0.25) is 4.79 Å². The van der Waals surface area contributed by atoms with Gasteiger partial charge in [-0.05, 0) is 24.6 Å². The zero-order valence-corrected chi connectivity index (χ0v) is 13.1. The van der Waals surface area contributed by atoms with E-state index < -0.39 is 12.0 Å². The number of ether oxygens (including phenoxy) is 2. The Hall–Kier alpha value is -1.40. The van der Waals surface area contributed by atoms with Crippen molar-refractivity contribution in [3.8, 4) is 0 Å². The second kappa shape index (κ2) is 8.71. The molecule has 1 rings (SSSR count). The lowest BCUT2D eigenvalue weighted by molar-refractivity contribution is -0.145. The third-order valence-corrected chi connectivity index (χ3v) is 3.14. The van der Waals surface area contributed by atoms with Crippen LogP contribution in [0.15, 0.2) is 28.7 Å². The fourth-order valence-corrected chi connectivity index (χ4v) is 1.89. The highest BCUT2D eigenvalue weighted by Crippen LogP contribution is 2.12. The number of hydrogen-bond acceptors (Lipinski definition) is 4. The summed E-state index contributed by atoms with van der Waals surface area (Å²) in [5, 5.41) is 2.62. The summed E-state index contributed by atoms with van der Waals surface area (Å²) in [5.41, 5.74) is 0.931. The van der Waals surface area contributed by atoms with E-state index in [4.69, 9.17) is 9.47 Å². The predicted octanol–water partition coefficient (Wildman–Crippen LogP) is 1.69. The molecule has 6 heteroatoms. The van der Waals surface area contributed by atoms with Gasteiger partial charge in [0.1, 0.15) is 12.6 Å². The first-order valence-electron chi connectivity index (χ1n) is 6.26. The van der Waals surface area contributed by atoms with E-state index in [1.807, 2.05) is 24.3 Å². The molecule has 5 nitrogen and oxygen atoms in total. The average molecular weight is 344 g/mol. The standard InChI is InChI=1S/C14H18BrNO4/c1-3-20-9-13(17)16-12(14(18)19-2)8-10-4-6-11(15)7-5-10/h4-7,12H,3,8-9H2,1-2H3,(H,16,17)/t12-/m0/s1. The number of esters is 1. The highest BCUT2D eigenvalue weighted by Gasteiger charge is 2.21. The highest BCUT2D eigenvalue weighted by molar-refractivity contribution is 9.10. The first-order valence-corrected chi connectivity index (χ1v) is 7.05. The number of halogens is 1. The Bertz CT molecular complexity index is 447. The summed E-state index contributed by atoms with van der Waals surface area (Å²) in [7, 11) is 1.30. The van der Waals surface area contributed by atoms with Crippen LogP contribution in [0.5, 0.6) is 0 Å². The molecule has 0 bridgehead atoms. The molecule has 1 amide bonds. The van der Waals surface area contributed by atoms with Gasteiger partial charge in [0.05, 0.1) is 7.11 Å². The van der Waals surface area contributed by atoms with Gasteiger partial charge in [0.25, 0.3) is 0 Å². The Morgan fingerprint density at radius 2 is 1.95 bits per heavy atom. The third kappa shape index (κ3) is 5.71. The minimum atomic E-state index is -0.714. The summed E-state index contributed by atoms with van der Waals surface area (Å²) in [4.78, 5) is 23.3. The maximum atomic E-state index is 11.7. The summed E-state index contributed by atoms with van der Waals surface area (Å²) in [6, 6.07) is 6.81. The molecular weight excluding hydrogens is 326 g/mol. The van der Waals surface area contributed by atoms with Crippen LogP contribution < -0.4 is 5.32 Å². The van der Waals surface area contributed by atoms with Gasteiger partial charge in [0.15, 0.2) is 0 Å². The van der Waals surface area contributed by atoms with E-state index in [0.29, 0.717) is 13.0 Å². The Kier molecular flexibility index (Phi) is 7.25. The number of carbonyl (C=O) groups is 2. The summed E-state index contributed by atoms with van der Waals surface area (Å²) in [5.74, 6) is -0.808. The predicted molar refractivity (Wildman–Crippen MR) is 78.3 cm³/mol. The monoisotopic (exact) mass is 343 g/mol. The summed E-state index contributed by atoms with van der Waals surface area (Å²) < 4.78 is 10.7. The lowest BCUT2D eigenvalue weighted by Crippen LogP contribution is -2.44. The second-order valence-corrected chi connectivity index (χ2v) is 5.03. The van der Waals surface area contributed by atoms with E-state index in [-0.39, 0.29) is 12.5 Å². The number of methoxy groups -OCH3 is 1. The number of hydrogen-bond donors (Lipinski definition) is 1. The zero-order chi connectivity index (χ0) is 15.0. The van der Waals surface area contributed by atoms with Crippen LogP contribution in [0, 0.1) is 0 Å². The Labute approximate surface area is 126 Å². The van der Waals surface area contributed by atoms with E-state index in [9.17, 15) is 9.59 Å². The van der Waals surface area contributed by atoms with Crippen LogP contribution in [0.3, 0.4) is 0 Å². The molecule has 0 saturated carbocycles. The number of amides is 1. The summed E-state index contributed by atoms with van der Waals surface area (Å²) in [6.07, 6.45) is 0.373. The fourth-order valence-electron chi connectivity index (χ4n) is 1.62. The SMILES string of the molecule is CCOCC(=O)N[C@@H](Cc1ccc(Br)cc1)C(=O)OC. The molecule has 0 spiro atoms. The van der Waals surface area contributed by atoms with Crippen molar-refractivity contribution < 1.29 is 19.1 Å². The van der Waals surface area contributed by atoms with Crippen LogP contribution >= 0.6 is 15.9 Å². The van der Waals surface area contributed by atoms with Crippen LogP contribution in [0.4, 0.5) is 0 Å². The quantitative estimate of drug-likeness (QED) is 0.765. The molecule has 0 aromatic heterocycles. The van der Waals surface area contributed by atoms with Gasteiger partial charge >= 0.3 is 5.97 Å². The van der Waals surface area contributed by atoms with E-state index in [2.05, 4.69) is 21.2 Å². The number of carbonyl (C=O) groups excluding carboxylic acids is 2. The van der Waals surface area contributed by atoms with E-state index in [1.165, 1.54) is 7.11 Å². The maximum Gasteiger partial charge on any atom is 0.328 e. The van der Waals surface area contributed by atoms with Gasteiger partial charge in [0.2, 0.25) is 5.91 Å².